The fourth-order valence-electron chi connectivity index (χ4n) is 5.32. The van der Waals surface area contributed by atoms with Crippen LogP contribution in [0.25, 0.3) is 0 Å². The van der Waals surface area contributed by atoms with Crippen LogP contribution in [0.15, 0.2) is 54.6 Å². The highest BCUT2D eigenvalue weighted by molar-refractivity contribution is 6.32. The Morgan fingerprint density at radius 2 is 1.73 bits per heavy atom. The maximum atomic E-state index is 14.0. The topological polar surface area (TPSA) is 77.1 Å². The summed E-state index contributed by atoms with van der Waals surface area (Å²) in [5.41, 5.74) is 3.74. The first-order valence-electron chi connectivity index (χ1n) is 12.4. The van der Waals surface area contributed by atoms with Gasteiger partial charge < -0.3 is 24.4 Å². The third kappa shape index (κ3) is 4.48. The minimum absolute atomic E-state index is 0.0744. The van der Waals surface area contributed by atoms with Gasteiger partial charge in [-0.25, -0.2) is 0 Å². The molecule has 0 saturated heterocycles. The Hall–Kier alpha value is -3.71. The molecule has 1 N–H and O–H groups in total. The van der Waals surface area contributed by atoms with Gasteiger partial charge in [-0.15, -0.1) is 0 Å². The Labute approximate surface area is 221 Å². The number of methoxy groups -OCH3 is 1. The third-order valence-electron chi connectivity index (χ3n) is 6.89. The molecule has 0 fully saturated rings. The standard InChI is InChI=1S/C29H29ClN2O5/c1-4-36-24-14-17-12-13-32-27(21(17)16-25(24)37-5-2)26(19-8-6-7-9-20(19)29(32)34)28(33)31-18-10-11-23(35-3)22(30)15-18/h6-11,14-16,26-27H,4-5,12-13H2,1-3H3,(H,31,33)/t26-,27-/m0/s1. The number of nitrogens with one attached hydrogen (secondary N) is 1. The quantitative estimate of drug-likeness (QED) is 0.437. The van der Waals surface area contributed by atoms with Crippen LogP contribution in [0, 0.1) is 0 Å². The van der Waals surface area contributed by atoms with Crippen LogP contribution in [0.2, 0.25) is 5.02 Å². The largest absolute Gasteiger partial charge is 0.495 e. The Kier molecular flexibility index (Phi) is 6.98. The van der Waals surface area contributed by atoms with E-state index in [-0.39, 0.29) is 11.8 Å². The summed E-state index contributed by atoms with van der Waals surface area (Å²) in [5.74, 6) is 0.867. The smallest absolute Gasteiger partial charge is 0.254 e. The zero-order chi connectivity index (χ0) is 26.1. The number of nitrogens with zero attached hydrogens (tertiary/aromatic N) is 1. The van der Waals surface area contributed by atoms with E-state index in [4.69, 9.17) is 25.8 Å². The van der Waals surface area contributed by atoms with Crippen LogP contribution in [0.3, 0.4) is 0 Å². The normalized spacial score (nSPS) is 17.8. The number of carbonyl (C=O) groups is 2. The molecule has 0 bridgehead atoms. The number of halogens is 1. The summed E-state index contributed by atoms with van der Waals surface area (Å²) < 4.78 is 17.0. The van der Waals surface area contributed by atoms with Crippen molar-refractivity contribution < 1.29 is 23.8 Å². The number of hydrogen-bond acceptors (Lipinski definition) is 5. The van der Waals surface area contributed by atoms with Crippen molar-refractivity contribution in [1.82, 2.24) is 4.90 Å². The third-order valence-corrected chi connectivity index (χ3v) is 7.18. The second-order valence-electron chi connectivity index (χ2n) is 8.96. The molecule has 3 aromatic carbocycles. The monoisotopic (exact) mass is 520 g/mol. The number of ether oxygens (including phenoxy) is 3. The molecule has 7 nitrogen and oxygen atoms in total. The predicted octanol–water partition coefficient (Wildman–Crippen LogP) is 5.62. The first-order valence-corrected chi connectivity index (χ1v) is 12.8. The Bertz CT molecular complexity index is 1360. The Balaban J connectivity index is 1.62. The molecular formula is C29H29ClN2O5. The number of carbonyl (C=O) groups excluding carboxylic acids is 2. The summed E-state index contributed by atoms with van der Waals surface area (Å²) >= 11 is 6.31. The van der Waals surface area contributed by atoms with Gasteiger partial charge in [0.15, 0.2) is 11.5 Å². The average Bonchev–Trinajstić information content (AvgIpc) is 2.89. The molecule has 192 valence electrons. The molecule has 5 rings (SSSR count). The molecule has 0 radical (unpaired) electrons. The van der Waals surface area contributed by atoms with Crippen LogP contribution in [0.1, 0.15) is 52.9 Å². The molecule has 0 spiro atoms. The van der Waals surface area contributed by atoms with Crippen molar-refractivity contribution in [2.24, 2.45) is 0 Å². The highest BCUT2D eigenvalue weighted by Gasteiger charge is 2.46. The van der Waals surface area contributed by atoms with Gasteiger partial charge in [0.25, 0.3) is 5.91 Å². The van der Waals surface area contributed by atoms with E-state index in [1.807, 2.05) is 49.1 Å². The van der Waals surface area contributed by atoms with E-state index < -0.39 is 12.0 Å². The van der Waals surface area contributed by atoms with Gasteiger partial charge in [-0.3, -0.25) is 9.59 Å². The minimum atomic E-state index is -0.638. The van der Waals surface area contributed by atoms with Crippen LogP contribution in [0.4, 0.5) is 5.69 Å². The summed E-state index contributed by atoms with van der Waals surface area (Å²) in [6, 6.07) is 15.9. The van der Waals surface area contributed by atoms with Gasteiger partial charge in [-0.05, 0) is 73.4 Å². The second kappa shape index (κ2) is 10.3. The molecule has 2 atom stereocenters. The number of amides is 2. The summed E-state index contributed by atoms with van der Waals surface area (Å²) in [6.07, 6.45) is 0.661. The van der Waals surface area contributed by atoms with Crippen LogP contribution in [-0.4, -0.2) is 43.6 Å². The maximum Gasteiger partial charge on any atom is 0.254 e. The lowest BCUT2D eigenvalue weighted by molar-refractivity contribution is -0.119. The van der Waals surface area contributed by atoms with Crippen molar-refractivity contribution in [1.29, 1.82) is 0 Å². The van der Waals surface area contributed by atoms with Crippen molar-refractivity contribution in [3.63, 3.8) is 0 Å². The molecule has 0 aromatic heterocycles. The maximum absolute atomic E-state index is 14.0. The Morgan fingerprint density at radius 3 is 2.43 bits per heavy atom. The van der Waals surface area contributed by atoms with E-state index >= 15 is 0 Å². The van der Waals surface area contributed by atoms with E-state index in [0.717, 1.165) is 11.1 Å². The first kappa shape index (κ1) is 25.0. The lowest BCUT2D eigenvalue weighted by Gasteiger charge is -2.45. The number of hydrogen-bond donors (Lipinski definition) is 1. The SMILES string of the molecule is CCOc1cc2c(cc1OCC)[C@H]1[C@@H](C(=O)Nc3ccc(OC)c(Cl)c3)c3ccccc3C(=O)N1CC2. The van der Waals surface area contributed by atoms with Crippen molar-refractivity contribution in [3.8, 4) is 17.2 Å². The molecule has 2 amide bonds. The molecule has 2 aliphatic rings. The highest BCUT2D eigenvalue weighted by atomic mass is 35.5. The van der Waals surface area contributed by atoms with Crippen molar-refractivity contribution in [2.75, 3.05) is 32.2 Å². The van der Waals surface area contributed by atoms with E-state index in [2.05, 4.69) is 5.32 Å². The van der Waals surface area contributed by atoms with Gasteiger partial charge in [0.05, 0.1) is 37.3 Å². The lowest BCUT2D eigenvalue weighted by atomic mass is 9.75. The summed E-state index contributed by atoms with van der Waals surface area (Å²) in [7, 11) is 1.54. The van der Waals surface area contributed by atoms with Gasteiger partial charge in [-0.2, -0.15) is 0 Å². The molecule has 37 heavy (non-hydrogen) atoms. The number of benzene rings is 3. The molecule has 2 heterocycles. The molecule has 0 saturated carbocycles. The van der Waals surface area contributed by atoms with Gasteiger partial charge in [0.1, 0.15) is 5.75 Å². The predicted molar refractivity (Wildman–Crippen MR) is 142 cm³/mol. The summed E-state index contributed by atoms with van der Waals surface area (Å²) in [4.78, 5) is 29.4. The van der Waals surface area contributed by atoms with Crippen LogP contribution < -0.4 is 19.5 Å². The van der Waals surface area contributed by atoms with Crippen LogP contribution in [0.5, 0.6) is 17.2 Å². The van der Waals surface area contributed by atoms with Gasteiger partial charge >= 0.3 is 0 Å². The van der Waals surface area contributed by atoms with Gasteiger partial charge in [0, 0.05) is 17.8 Å². The van der Waals surface area contributed by atoms with E-state index in [1.54, 1.807) is 24.3 Å². The zero-order valence-corrected chi connectivity index (χ0v) is 21.8. The fraction of sp³-hybridized carbons (Fsp3) is 0.310. The Morgan fingerprint density at radius 1 is 1.00 bits per heavy atom. The number of fused-ring (bicyclic) bond motifs is 4. The van der Waals surface area contributed by atoms with Gasteiger partial charge in [0.2, 0.25) is 5.91 Å². The minimum Gasteiger partial charge on any atom is -0.495 e. The molecule has 2 aliphatic heterocycles. The van der Waals surface area contributed by atoms with Crippen molar-refractivity contribution in [2.45, 2.75) is 32.2 Å². The van der Waals surface area contributed by atoms with Gasteiger partial charge in [-0.1, -0.05) is 29.8 Å². The van der Waals surface area contributed by atoms with E-state index in [9.17, 15) is 9.59 Å². The highest BCUT2D eigenvalue weighted by Crippen LogP contribution is 2.48. The first-order chi connectivity index (χ1) is 18.0. The lowest BCUT2D eigenvalue weighted by Crippen LogP contribution is -2.49. The summed E-state index contributed by atoms with van der Waals surface area (Å²) in [5, 5.41) is 3.42. The molecule has 0 aliphatic carbocycles. The van der Waals surface area contributed by atoms with Crippen LogP contribution >= 0.6 is 11.6 Å². The van der Waals surface area contributed by atoms with Crippen molar-refractivity contribution in [3.05, 3.63) is 81.9 Å². The van der Waals surface area contributed by atoms with Crippen LogP contribution in [-0.2, 0) is 11.2 Å². The number of anilines is 1. The molecule has 8 heteroatoms. The average molecular weight is 521 g/mol. The van der Waals surface area contributed by atoms with E-state index in [1.165, 1.54) is 7.11 Å². The van der Waals surface area contributed by atoms with Crippen molar-refractivity contribution >= 4 is 29.1 Å². The molecule has 0 unspecified atom stereocenters. The summed E-state index contributed by atoms with van der Waals surface area (Å²) in [6.45, 7) is 5.33. The zero-order valence-electron chi connectivity index (χ0n) is 21.0. The fourth-order valence-corrected chi connectivity index (χ4v) is 5.58. The van der Waals surface area contributed by atoms with E-state index in [0.29, 0.717) is 65.3 Å². The molecule has 3 aromatic rings. The number of rotatable bonds is 7. The molecular weight excluding hydrogens is 492 g/mol. The second-order valence-corrected chi connectivity index (χ2v) is 9.37.